The minimum Gasteiger partial charge on any atom is -0.506 e. The first-order valence-electron chi connectivity index (χ1n) is 5.95. The van der Waals surface area contributed by atoms with Crippen LogP contribution in [-0.2, 0) is 6.54 Å². The van der Waals surface area contributed by atoms with Crippen LogP contribution < -0.4 is 5.32 Å². The zero-order chi connectivity index (χ0) is 14.0. The summed E-state index contributed by atoms with van der Waals surface area (Å²) in [6, 6.07) is 10.2. The van der Waals surface area contributed by atoms with Crippen molar-refractivity contribution in [2.75, 3.05) is 5.32 Å². The van der Waals surface area contributed by atoms with Gasteiger partial charge in [-0.2, -0.15) is 0 Å². The lowest BCUT2D eigenvalue weighted by Crippen LogP contribution is -2.01. The van der Waals surface area contributed by atoms with Crippen LogP contribution in [0.25, 0.3) is 0 Å². The summed E-state index contributed by atoms with van der Waals surface area (Å²) in [5.74, 6) is 0.232. The van der Waals surface area contributed by atoms with E-state index in [1.165, 1.54) is 11.1 Å². The largest absolute Gasteiger partial charge is 0.506 e. The molecule has 0 saturated carbocycles. The molecule has 0 aliphatic rings. The molecule has 0 aliphatic heterocycles. The Morgan fingerprint density at radius 3 is 2.32 bits per heavy atom. The van der Waals surface area contributed by atoms with Gasteiger partial charge in [0.05, 0.1) is 8.95 Å². The number of halogens is 2. The Morgan fingerprint density at radius 2 is 1.68 bits per heavy atom. The van der Waals surface area contributed by atoms with Crippen LogP contribution in [-0.4, -0.2) is 5.11 Å². The standard InChI is InChI=1S/C15H15Br2NO/c1-9-3-4-10(2)14(5-9)18-8-11-6-12(16)15(19)13(17)7-11/h3-7,18-19H,8H2,1-2H3. The van der Waals surface area contributed by atoms with Crippen molar-refractivity contribution in [1.82, 2.24) is 0 Å². The predicted octanol–water partition coefficient (Wildman–Crippen LogP) is 5.15. The first-order valence-corrected chi connectivity index (χ1v) is 7.54. The van der Waals surface area contributed by atoms with Gasteiger partial charge in [0, 0.05) is 12.2 Å². The van der Waals surface area contributed by atoms with E-state index in [1.54, 1.807) is 0 Å². The van der Waals surface area contributed by atoms with Crippen LogP contribution in [0.3, 0.4) is 0 Å². The number of aromatic hydroxyl groups is 1. The van der Waals surface area contributed by atoms with Crippen molar-refractivity contribution in [3.8, 4) is 5.75 Å². The number of aryl methyl sites for hydroxylation is 2. The highest BCUT2D eigenvalue weighted by Crippen LogP contribution is 2.33. The molecule has 0 unspecified atom stereocenters. The minimum atomic E-state index is 0.232. The fourth-order valence-electron chi connectivity index (χ4n) is 1.84. The first-order chi connectivity index (χ1) is 8.97. The highest BCUT2D eigenvalue weighted by molar-refractivity contribution is 9.11. The molecule has 2 N–H and O–H groups in total. The summed E-state index contributed by atoms with van der Waals surface area (Å²) in [6.45, 7) is 4.88. The molecule has 19 heavy (non-hydrogen) atoms. The molecule has 2 nitrogen and oxygen atoms in total. The molecule has 0 aromatic heterocycles. The third-order valence-corrected chi connectivity index (χ3v) is 4.16. The predicted molar refractivity (Wildman–Crippen MR) is 86.7 cm³/mol. The molecule has 0 atom stereocenters. The summed E-state index contributed by atoms with van der Waals surface area (Å²) in [5.41, 5.74) is 4.70. The van der Waals surface area contributed by atoms with Crippen LogP contribution in [0.4, 0.5) is 5.69 Å². The molecule has 0 heterocycles. The smallest absolute Gasteiger partial charge is 0.143 e. The maximum Gasteiger partial charge on any atom is 0.143 e. The van der Waals surface area contributed by atoms with Crippen molar-refractivity contribution in [3.05, 3.63) is 56.0 Å². The molecule has 0 saturated heterocycles. The fraction of sp³-hybridized carbons (Fsp3) is 0.200. The number of phenols is 1. The van der Waals surface area contributed by atoms with Gasteiger partial charge >= 0.3 is 0 Å². The van der Waals surface area contributed by atoms with Crippen molar-refractivity contribution in [1.29, 1.82) is 0 Å². The zero-order valence-corrected chi connectivity index (χ0v) is 14.0. The number of phenolic OH excluding ortho intramolecular Hbond substituents is 1. The van der Waals surface area contributed by atoms with Crippen molar-refractivity contribution in [2.45, 2.75) is 20.4 Å². The molecule has 0 fully saturated rings. The van der Waals surface area contributed by atoms with Gasteiger partial charge in [-0.15, -0.1) is 0 Å². The molecule has 0 amide bonds. The lowest BCUT2D eigenvalue weighted by atomic mass is 10.1. The van der Waals surface area contributed by atoms with Gasteiger partial charge in [0.15, 0.2) is 0 Å². The van der Waals surface area contributed by atoms with Crippen LogP contribution in [0, 0.1) is 13.8 Å². The lowest BCUT2D eigenvalue weighted by Gasteiger charge is -2.12. The van der Waals surface area contributed by atoms with Gasteiger partial charge in [0.25, 0.3) is 0 Å². The SMILES string of the molecule is Cc1ccc(C)c(NCc2cc(Br)c(O)c(Br)c2)c1. The molecule has 0 radical (unpaired) electrons. The fourth-order valence-corrected chi connectivity index (χ4v) is 3.12. The second-order valence-corrected chi connectivity index (χ2v) is 6.29. The van der Waals surface area contributed by atoms with Crippen LogP contribution in [0.15, 0.2) is 39.3 Å². The topological polar surface area (TPSA) is 32.3 Å². The summed E-state index contributed by atoms with van der Waals surface area (Å²) in [4.78, 5) is 0. The summed E-state index contributed by atoms with van der Waals surface area (Å²) < 4.78 is 1.39. The monoisotopic (exact) mass is 383 g/mol. The van der Waals surface area contributed by atoms with E-state index in [4.69, 9.17) is 0 Å². The Kier molecular flexibility index (Phi) is 4.53. The van der Waals surface area contributed by atoms with Gasteiger partial charge in [-0.3, -0.25) is 0 Å². The summed E-state index contributed by atoms with van der Waals surface area (Å²) in [7, 11) is 0. The first kappa shape index (κ1) is 14.4. The van der Waals surface area contributed by atoms with E-state index in [9.17, 15) is 5.11 Å². The Bertz CT molecular complexity index is 588. The van der Waals surface area contributed by atoms with Gasteiger partial charge in [-0.1, -0.05) is 12.1 Å². The second-order valence-electron chi connectivity index (χ2n) is 4.58. The maximum atomic E-state index is 9.68. The van der Waals surface area contributed by atoms with Crippen molar-refractivity contribution in [3.63, 3.8) is 0 Å². The number of rotatable bonds is 3. The Hall–Kier alpha value is -1.00. The number of nitrogens with one attached hydrogen (secondary N) is 1. The third kappa shape index (κ3) is 3.51. The van der Waals surface area contributed by atoms with Crippen LogP contribution in [0.5, 0.6) is 5.75 Å². The van der Waals surface area contributed by atoms with Crippen molar-refractivity contribution >= 4 is 37.5 Å². The summed E-state index contributed by atoms with van der Waals surface area (Å²) >= 11 is 6.68. The molecule has 2 rings (SSSR count). The summed E-state index contributed by atoms with van der Waals surface area (Å²) in [6.07, 6.45) is 0. The van der Waals surface area contributed by atoms with Gasteiger partial charge < -0.3 is 10.4 Å². The molecule has 0 bridgehead atoms. The number of hydrogen-bond acceptors (Lipinski definition) is 2. The molecule has 100 valence electrons. The van der Waals surface area contributed by atoms with Gasteiger partial charge in [0.2, 0.25) is 0 Å². The maximum absolute atomic E-state index is 9.68. The van der Waals surface area contributed by atoms with E-state index < -0.39 is 0 Å². The molecular formula is C15H15Br2NO. The number of benzene rings is 2. The third-order valence-electron chi connectivity index (χ3n) is 2.95. The van der Waals surface area contributed by atoms with Crippen LogP contribution >= 0.6 is 31.9 Å². The highest BCUT2D eigenvalue weighted by Gasteiger charge is 2.06. The number of hydrogen-bond donors (Lipinski definition) is 2. The van der Waals surface area contributed by atoms with E-state index in [0.717, 1.165) is 11.3 Å². The highest BCUT2D eigenvalue weighted by atomic mass is 79.9. The molecule has 0 spiro atoms. The normalized spacial score (nSPS) is 10.5. The molecule has 2 aromatic rings. The molecule has 0 aliphatic carbocycles. The van der Waals surface area contributed by atoms with Gasteiger partial charge in [-0.05, 0) is 80.6 Å². The Labute approximate surface area is 130 Å². The Balaban J connectivity index is 2.17. The lowest BCUT2D eigenvalue weighted by molar-refractivity contribution is 0.468. The van der Waals surface area contributed by atoms with E-state index in [1.807, 2.05) is 12.1 Å². The van der Waals surface area contributed by atoms with Gasteiger partial charge in [-0.25, -0.2) is 0 Å². The molecule has 2 aromatic carbocycles. The van der Waals surface area contributed by atoms with Gasteiger partial charge in [0.1, 0.15) is 5.75 Å². The van der Waals surface area contributed by atoms with E-state index in [2.05, 4.69) is 69.2 Å². The quantitative estimate of drug-likeness (QED) is 0.767. The number of anilines is 1. The minimum absolute atomic E-state index is 0.232. The van der Waals surface area contributed by atoms with Crippen LogP contribution in [0.2, 0.25) is 0 Å². The average Bonchev–Trinajstić information content (AvgIpc) is 2.37. The molecule has 4 heteroatoms. The van der Waals surface area contributed by atoms with E-state index in [-0.39, 0.29) is 5.75 Å². The zero-order valence-electron chi connectivity index (χ0n) is 10.8. The Morgan fingerprint density at radius 1 is 1.05 bits per heavy atom. The van der Waals surface area contributed by atoms with E-state index >= 15 is 0 Å². The second kappa shape index (κ2) is 5.97. The molecular weight excluding hydrogens is 370 g/mol. The van der Waals surface area contributed by atoms with Crippen LogP contribution in [0.1, 0.15) is 16.7 Å². The van der Waals surface area contributed by atoms with E-state index in [0.29, 0.717) is 15.5 Å². The van der Waals surface area contributed by atoms with Crippen molar-refractivity contribution < 1.29 is 5.11 Å². The average molecular weight is 385 g/mol. The summed E-state index contributed by atoms with van der Waals surface area (Å²) in [5, 5.41) is 13.1. The van der Waals surface area contributed by atoms with Crippen molar-refractivity contribution in [2.24, 2.45) is 0 Å².